The van der Waals surface area contributed by atoms with Crippen LogP contribution >= 0.6 is 0 Å². The van der Waals surface area contributed by atoms with Gasteiger partial charge in [-0.25, -0.2) is 0 Å². The summed E-state index contributed by atoms with van der Waals surface area (Å²) in [4.78, 5) is 12.3. The molecule has 4 nitrogen and oxygen atoms in total. The predicted molar refractivity (Wildman–Crippen MR) is 102 cm³/mol. The highest BCUT2D eigenvalue weighted by Crippen LogP contribution is 2.23. The van der Waals surface area contributed by atoms with Gasteiger partial charge in [0.25, 0.3) is 5.91 Å². The zero-order valence-corrected chi connectivity index (χ0v) is 13.9. The fourth-order valence-electron chi connectivity index (χ4n) is 2.33. The second-order valence-corrected chi connectivity index (χ2v) is 5.48. The molecule has 0 saturated heterocycles. The maximum atomic E-state index is 12.3. The molecular formula is C22H16N2O2. The van der Waals surface area contributed by atoms with Gasteiger partial charge in [-0.3, -0.25) is 4.79 Å². The Morgan fingerprint density at radius 1 is 0.885 bits per heavy atom. The van der Waals surface area contributed by atoms with Gasteiger partial charge in [-0.05, 0) is 48.0 Å². The zero-order chi connectivity index (χ0) is 18.2. The Bertz CT molecular complexity index is 958. The topological polar surface area (TPSA) is 62.1 Å². The molecule has 3 aromatic carbocycles. The molecule has 126 valence electrons. The Hall–Kier alpha value is -3.84. The number of amides is 1. The van der Waals surface area contributed by atoms with Crippen molar-refractivity contribution in [1.82, 2.24) is 0 Å². The van der Waals surface area contributed by atoms with E-state index in [4.69, 9.17) is 4.74 Å². The van der Waals surface area contributed by atoms with Gasteiger partial charge < -0.3 is 10.1 Å². The molecule has 0 aliphatic heterocycles. The van der Waals surface area contributed by atoms with Crippen molar-refractivity contribution < 1.29 is 9.53 Å². The van der Waals surface area contributed by atoms with Crippen LogP contribution in [0.3, 0.4) is 0 Å². The summed E-state index contributed by atoms with van der Waals surface area (Å²) in [5.41, 5.74) is 1.36. The highest BCUT2D eigenvalue weighted by Gasteiger charge is 2.09. The van der Waals surface area contributed by atoms with Crippen LogP contribution in [0.15, 0.2) is 90.5 Å². The van der Waals surface area contributed by atoms with Gasteiger partial charge in [-0.15, -0.1) is 0 Å². The molecule has 0 bridgehead atoms. The molecule has 0 radical (unpaired) electrons. The number of nitrogens with one attached hydrogen (secondary N) is 1. The summed E-state index contributed by atoms with van der Waals surface area (Å²) in [6, 6.07) is 27.6. The van der Waals surface area contributed by atoms with Crippen LogP contribution in [0.25, 0.3) is 6.08 Å². The number of benzene rings is 3. The number of nitriles is 1. The lowest BCUT2D eigenvalue weighted by molar-refractivity contribution is -0.112. The van der Waals surface area contributed by atoms with E-state index in [1.165, 1.54) is 6.08 Å². The molecular weight excluding hydrogens is 324 g/mol. The highest BCUT2D eigenvalue weighted by molar-refractivity contribution is 6.09. The van der Waals surface area contributed by atoms with Crippen LogP contribution in [0, 0.1) is 11.3 Å². The van der Waals surface area contributed by atoms with Crippen molar-refractivity contribution in [2.24, 2.45) is 0 Å². The summed E-state index contributed by atoms with van der Waals surface area (Å²) >= 11 is 0. The second kappa shape index (κ2) is 8.32. The number of nitrogens with zero attached hydrogens (tertiary/aromatic N) is 1. The molecule has 1 amide bonds. The van der Waals surface area contributed by atoms with Crippen LogP contribution < -0.4 is 10.1 Å². The summed E-state index contributed by atoms with van der Waals surface area (Å²) in [6.45, 7) is 0. The van der Waals surface area contributed by atoms with Gasteiger partial charge >= 0.3 is 0 Å². The SMILES string of the molecule is N#C/C(=C/c1cccc(Oc2ccccc2)c1)C(=O)Nc1ccccc1. The lowest BCUT2D eigenvalue weighted by Gasteiger charge is -2.07. The minimum Gasteiger partial charge on any atom is -0.457 e. The first-order chi connectivity index (χ1) is 12.7. The van der Waals surface area contributed by atoms with Crippen LogP contribution in [-0.4, -0.2) is 5.91 Å². The minimum absolute atomic E-state index is 0.0192. The summed E-state index contributed by atoms with van der Waals surface area (Å²) in [5, 5.41) is 12.0. The molecule has 4 heteroatoms. The monoisotopic (exact) mass is 340 g/mol. The van der Waals surface area contributed by atoms with Gasteiger partial charge in [0.2, 0.25) is 0 Å². The van der Waals surface area contributed by atoms with E-state index in [9.17, 15) is 10.1 Å². The molecule has 3 rings (SSSR count). The van der Waals surface area contributed by atoms with E-state index >= 15 is 0 Å². The standard InChI is InChI=1S/C22H16N2O2/c23-16-18(22(25)24-19-9-3-1-4-10-19)14-17-8-7-13-21(15-17)26-20-11-5-2-6-12-20/h1-15H,(H,24,25)/b18-14-. The van der Waals surface area contributed by atoms with E-state index in [-0.39, 0.29) is 5.57 Å². The van der Waals surface area contributed by atoms with Crippen LogP contribution in [-0.2, 0) is 4.79 Å². The Balaban J connectivity index is 1.77. The summed E-state index contributed by atoms with van der Waals surface area (Å²) < 4.78 is 5.78. The number of rotatable bonds is 5. The van der Waals surface area contributed by atoms with Gasteiger partial charge in [0, 0.05) is 5.69 Å². The fourth-order valence-corrected chi connectivity index (χ4v) is 2.33. The number of anilines is 1. The maximum absolute atomic E-state index is 12.3. The van der Waals surface area contributed by atoms with Crippen LogP contribution in [0.2, 0.25) is 0 Å². The van der Waals surface area contributed by atoms with E-state index in [1.807, 2.05) is 72.8 Å². The van der Waals surface area contributed by atoms with E-state index in [1.54, 1.807) is 18.2 Å². The molecule has 0 fully saturated rings. The quantitative estimate of drug-likeness (QED) is 0.524. The number of carbonyl (C=O) groups is 1. The largest absolute Gasteiger partial charge is 0.457 e. The number of para-hydroxylation sites is 2. The summed E-state index contributed by atoms with van der Waals surface area (Å²) in [6.07, 6.45) is 1.54. The first-order valence-corrected chi connectivity index (χ1v) is 8.06. The van der Waals surface area contributed by atoms with Crippen molar-refractivity contribution in [1.29, 1.82) is 5.26 Å². The molecule has 3 aromatic rings. The van der Waals surface area contributed by atoms with Crippen molar-refractivity contribution in [2.45, 2.75) is 0 Å². The summed E-state index contributed by atoms with van der Waals surface area (Å²) in [7, 11) is 0. The Morgan fingerprint density at radius 3 is 2.23 bits per heavy atom. The molecule has 0 aliphatic rings. The third kappa shape index (κ3) is 4.59. The molecule has 0 aliphatic carbocycles. The fraction of sp³-hybridized carbons (Fsp3) is 0. The van der Waals surface area contributed by atoms with Crippen molar-refractivity contribution in [3.05, 3.63) is 96.1 Å². The van der Waals surface area contributed by atoms with E-state index < -0.39 is 5.91 Å². The minimum atomic E-state index is -0.451. The smallest absolute Gasteiger partial charge is 0.266 e. The predicted octanol–water partition coefficient (Wildman–Crippen LogP) is 5.02. The normalized spacial score (nSPS) is 10.7. The lowest BCUT2D eigenvalue weighted by atomic mass is 10.1. The first-order valence-electron chi connectivity index (χ1n) is 8.06. The first kappa shape index (κ1) is 17.0. The maximum Gasteiger partial charge on any atom is 0.266 e. The van der Waals surface area contributed by atoms with Gasteiger partial charge in [-0.2, -0.15) is 5.26 Å². The highest BCUT2D eigenvalue weighted by atomic mass is 16.5. The molecule has 0 saturated carbocycles. The van der Waals surface area contributed by atoms with E-state index in [0.29, 0.717) is 17.0 Å². The Kier molecular flexibility index (Phi) is 5.44. The number of hydrogen-bond donors (Lipinski definition) is 1. The van der Waals surface area contributed by atoms with E-state index in [0.717, 1.165) is 5.75 Å². The van der Waals surface area contributed by atoms with Gasteiger partial charge in [0.15, 0.2) is 0 Å². The average molecular weight is 340 g/mol. The number of carbonyl (C=O) groups excluding carboxylic acids is 1. The van der Waals surface area contributed by atoms with Gasteiger partial charge in [0.05, 0.1) is 0 Å². The molecule has 0 spiro atoms. The third-order valence-corrected chi connectivity index (χ3v) is 3.54. The van der Waals surface area contributed by atoms with Gasteiger partial charge in [-0.1, -0.05) is 48.5 Å². The van der Waals surface area contributed by atoms with Gasteiger partial charge in [0.1, 0.15) is 23.1 Å². The van der Waals surface area contributed by atoms with Crippen LogP contribution in [0.1, 0.15) is 5.56 Å². The zero-order valence-electron chi connectivity index (χ0n) is 13.9. The van der Waals surface area contributed by atoms with Crippen molar-refractivity contribution >= 4 is 17.7 Å². The number of ether oxygens (including phenoxy) is 1. The molecule has 0 unspecified atom stereocenters. The average Bonchev–Trinajstić information content (AvgIpc) is 2.68. The number of hydrogen-bond acceptors (Lipinski definition) is 3. The second-order valence-electron chi connectivity index (χ2n) is 5.48. The van der Waals surface area contributed by atoms with E-state index in [2.05, 4.69) is 5.32 Å². The molecule has 26 heavy (non-hydrogen) atoms. The molecule has 0 heterocycles. The van der Waals surface area contributed by atoms with Crippen molar-refractivity contribution in [3.8, 4) is 17.6 Å². The van der Waals surface area contributed by atoms with Crippen LogP contribution in [0.4, 0.5) is 5.69 Å². The molecule has 1 N–H and O–H groups in total. The lowest BCUT2D eigenvalue weighted by Crippen LogP contribution is -2.13. The Labute approximate surface area is 152 Å². The molecule has 0 atom stereocenters. The van der Waals surface area contributed by atoms with Crippen LogP contribution in [0.5, 0.6) is 11.5 Å². The summed E-state index contributed by atoms with van der Waals surface area (Å²) in [5.74, 6) is 0.898. The third-order valence-electron chi connectivity index (χ3n) is 3.54. The van der Waals surface area contributed by atoms with Crippen molar-refractivity contribution in [3.63, 3.8) is 0 Å². The molecule has 0 aromatic heterocycles. The Morgan fingerprint density at radius 2 is 1.54 bits per heavy atom. The van der Waals surface area contributed by atoms with Crippen molar-refractivity contribution in [2.75, 3.05) is 5.32 Å².